The summed E-state index contributed by atoms with van der Waals surface area (Å²) in [7, 11) is 0. The van der Waals surface area contributed by atoms with E-state index in [-0.39, 0.29) is 18.2 Å². The molecule has 3 aromatic rings. The maximum atomic E-state index is 13.1. The zero-order valence-electron chi connectivity index (χ0n) is 16.1. The van der Waals surface area contributed by atoms with Gasteiger partial charge in [0.05, 0.1) is 24.3 Å². The van der Waals surface area contributed by atoms with Crippen molar-refractivity contribution in [3.05, 3.63) is 87.8 Å². The molecular formula is C22H17Cl2N3O3S. The van der Waals surface area contributed by atoms with Crippen LogP contribution < -0.4 is 0 Å². The fourth-order valence-corrected chi connectivity index (χ4v) is 4.57. The summed E-state index contributed by atoms with van der Waals surface area (Å²) in [6, 6.07) is 15.5. The first kappa shape index (κ1) is 21.5. The number of benzene rings is 2. The summed E-state index contributed by atoms with van der Waals surface area (Å²) in [5.41, 5.74) is 1.32. The van der Waals surface area contributed by atoms with Gasteiger partial charge in [0.15, 0.2) is 5.17 Å². The van der Waals surface area contributed by atoms with Crippen LogP contribution in [0.5, 0.6) is 5.75 Å². The molecule has 0 spiro atoms. The average Bonchev–Trinajstić information content (AvgIpc) is 3.36. The number of nitrogens with zero attached hydrogens (tertiary/aromatic N) is 3. The van der Waals surface area contributed by atoms with E-state index < -0.39 is 5.25 Å². The lowest BCUT2D eigenvalue weighted by molar-refractivity contribution is -0.126. The van der Waals surface area contributed by atoms with Gasteiger partial charge in [0, 0.05) is 15.6 Å². The number of halogens is 2. The lowest BCUT2D eigenvalue weighted by Gasteiger charge is -2.14. The minimum atomic E-state index is -0.426. The highest BCUT2D eigenvalue weighted by Crippen LogP contribution is 2.33. The number of amides is 1. The highest BCUT2D eigenvalue weighted by atomic mass is 35.5. The second-order valence-electron chi connectivity index (χ2n) is 6.74. The van der Waals surface area contributed by atoms with Gasteiger partial charge in [-0.05, 0) is 54.4 Å². The maximum absolute atomic E-state index is 13.1. The molecule has 6 nitrogen and oxygen atoms in total. The van der Waals surface area contributed by atoms with Crippen LogP contribution in [-0.4, -0.2) is 32.5 Å². The van der Waals surface area contributed by atoms with Crippen molar-refractivity contribution >= 4 is 52.3 Å². The Hall–Kier alpha value is -2.74. The predicted molar refractivity (Wildman–Crippen MR) is 124 cm³/mol. The third-order valence-electron chi connectivity index (χ3n) is 4.60. The Morgan fingerprint density at radius 2 is 2.00 bits per heavy atom. The fourth-order valence-electron chi connectivity index (χ4n) is 3.06. The molecule has 9 heteroatoms. The molecule has 1 N–H and O–H groups in total. The van der Waals surface area contributed by atoms with Gasteiger partial charge in [-0.3, -0.25) is 9.69 Å². The molecule has 0 saturated carbocycles. The Balaban J connectivity index is 1.59. The number of rotatable bonds is 6. The topological polar surface area (TPSA) is 78.4 Å². The van der Waals surface area contributed by atoms with Gasteiger partial charge in [-0.15, -0.1) is 5.10 Å². The smallest absolute Gasteiger partial charge is 0.242 e. The van der Waals surface area contributed by atoms with Crippen LogP contribution in [0.25, 0.3) is 0 Å². The summed E-state index contributed by atoms with van der Waals surface area (Å²) in [6.45, 7) is 0.240. The molecule has 1 atom stereocenters. The molecule has 0 aliphatic carbocycles. The van der Waals surface area contributed by atoms with Crippen molar-refractivity contribution in [2.75, 3.05) is 0 Å². The summed E-state index contributed by atoms with van der Waals surface area (Å²) in [5, 5.41) is 19.3. The number of amidine groups is 1. The van der Waals surface area contributed by atoms with Crippen molar-refractivity contribution in [2.24, 2.45) is 10.2 Å². The van der Waals surface area contributed by atoms with E-state index in [1.165, 1.54) is 22.9 Å². The van der Waals surface area contributed by atoms with Crippen molar-refractivity contribution in [2.45, 2.75) is 18.2 Å². The summed E-state index contributed by atoms with van der Waals surface area (Å²) in [6.07, 6.45) is 3.40. The second-order valence-corrected chi connectivity index (χ2v) is 8.75. The van der Waals surface area contributed by atoms with Gasteiger partial charge in [0.25, 0.3) is 0 Å². The monoisotopic (exact) mass is 473 g/mol. The summed E-state index contributed by atoms with van der Waals surface area (Å²) < 4.78 is 5.40. The van der Waals surface area contributed by atoms with E-state index in [4.69, 9.17) is 27.6 Å². The van der Waals surface area contributed by atoms with Crippen LogP contribution in [0, 0.1) is 0 Å². The molecule has 0 unspecified atom stereocenters. The lowest BCUT2D eigenvalue weighted by Crippen LogP contribution is -2.32. The maximum Gasteiger partial charge on any atom is 0.242 e. The van der Waals surface area contributed by atoms with Crippen LogP contribution >= 0.6 is 35.0 Å². The minimum Gasteiger partial charge on any atom is -0.507 e. The zero-order valence-corrected chi connectivity index (χ0v) is 18.4. The molecule has 1 fully saturated rings. The number of para-hydroxylation sites is 1. The third-order valence-corrected chi connectivity index (χ3v) is 6.37. The molecule has 0 radical (unpaired) electrons. The average molecular weight is 474 g/mol. The zero-order chi connectivity index (χ0) is 21.8. The molecule has 158 valence electrons. The van der Waals surface area contributed by atoms with Crippen molar-refractivity contribution in [1.29, 1.82) is 0 Å². The number of phenolic OH excluding ortho intramolecular Hbond substituents is 1. The SMILES string of the molecule is O=C1[C@H](Cc2cc(Cl)ccc2Cl)S/C(=N\N=C\c2ccccc2O)N1Cc1ccco1. The van der Waals surface area contributed by atoms with Crippen molar-refractivity contribution < 1.29 is 14.3 Å². The molecule has 1 amide bonds. The van der Waals surface area contributed by atoms with Crippen LogP contribution in [0.4, 0.5) is 0 Å². The fraction of sp³-hybridized carbons (Fsp3) is 0.136. The summed E-state index contributed by atoms with van der Waals surface area (Å²) in [5.74, 6) is 0.615. The van der Waals surface area contributed by atoms with Gasteiger partial charge >= 0.3 is 0 Å². The molecular weight excluding hydrogens is 457 g/mol. The second kappa shape index (κ2) is 9.60. The predicted octanol–water partition coefficient (Wildman–Crippen LogP) is 5.37. The highest BCUT2D eigenvalue weighted by Gasteiger charge is 2.39. The van der Waals surface area contributed by atoms with E-state index >= 15 is 0 Å². The minimum absolute atomic E-state index is 0.0996. The summed E-state index contributed by atoms with van der Waals surface area (Å²) >= 11 is 13.7. The van der Waals surface area contributed by atoms with Gasteiger partial charge < -0.3 is 9.52 Å². The number of furan rings is 1. The quantitative estimate of drug-likeness (QED) is 0.385. The molecule has 1 aliphatic heterocycles. The Labute approximate surface area is 193 Å². The molecule has 2 heterocycles. The van der Waals surface area contributed by atoms with E-state index in [0.717, 1.165) is 5.56 Å². The largest absolute Gasteiger partial charge is 0.507 e. The van der Waals surface area contributed by atoms with E-state index in [9.17, 15) is 9.90 Å². The van der Waals surface area contributed by atoms with E-state index in [1.54, 1.807) is 60.9 Å². The summed E-state index contributed by atoms with van der Waals surface area (Å²) in [4.78, 5) is 14.7. The Morgan fingerprint density at radius 3 is 2.77 bits per heavy atom. The van der Waals surface area contributed by atoms with Crippen molar-refractivity contribution in [3.8, 4) is 5.75 Å². The first-order valence-corrected chi connectivity index (χ1v) is 11.0. The van der Waals surface area contributed by atoms with Gasteiger partial charge in [0.1, 0.15) is 11.5 Å². The number of aromatic hydroxyl groups is 1. The van der Waals surface area contributed by atoms with Crippen LogP contribution in [0.15, 0.2) is 75.5 Å². The van der Waals surface area contributed by atoms with Crippen LogP contribution in [0.3, 0.4) is 0 Å². The lowest BCUT2D eigenvalue weighted by atomic mass is 10.1. The first-order valence-electron chi connectivity index (χ1n) is 9.34. The molecule has 2 aromatic carbocycles. The Kier molecular flexibility index (Phi) is 6.65. The van der Waals surface area contributed by atoms with E-state index in [0.29, 0.717) is 33.0 Å². The molecule has 4 rings (SSSR count). The molecule has 1 aliphatic rings. The normalized spacial score (nSPS) is 17.9. The van der Waals surface area contributed by atoms with E-state index in [1.807, 2.05) is 0 Å². The number of hydrogen-bond acceptors (Lipinski definition) is 6. The van der Waals surface area contributed by atoms with Gasteiger partial charge in [-0.1, -0.05) is 47.1 Å². The number of hydrogen-bond donors (Lipinski definition) is 1. The molecule has 1 saturated heterocycles. The van der Waals surface area contributed by atoms with Crippen LogP contribution in [0.2, 0.25) is 10.0 Å². The first-order chi connectivity index (χ1) is 15.0. The van der Waals surface area contributed by atoms with Crippen molar-refractivity contribution in [1.82, 2.24) is 4.90 Å². The Bertz CT molecular complexity index is 1150. The molecule has 31 heavy (non-hydrogen) atoms. The van der Waals surface area contributed by atoms with Gasteiger partial charge in [-0.25, -0.2) is 0 Å². The highest BCUT2D eigenvalue weighted by molar-refractivity contribution is 8.15. The molecule has 1 aromatic heterocycles. The molecule has 0 bridgehead atoms. The number of carbonyl (C=O) groups excluding carboxylic acids is 1. The third kappa shape index (κ3) is 5.12. The van der Waals surface area contributed by atoms with Crippen LogP contribution in [-0.2, 0) is 17.8 Å². The number of carbonyl (C=O) groups is 1. The van der Waals surface area contributed by atoms with Crippen LogP contribution in [0.1, 0.15) is 16.9 Å². The standard InChI is InChI=1S/C22H17Cl2N3O3S/c23-16-7-8-18(24)15(10-16)11-20-21(29)27(13-17-5-3-9-30-17)22(31-20)26-25-12-14-4-1-2-6-19(14)28/h1-10,12,20,28H,11,13H2/b25-12+,26-22-/t20-/m0/s1. The van der Waals surface area contributed by atoms with Gasteiger partial charge in [-0.2, -0.15) is 5.10 Å². The van der Waals surface area contributed by atoms with Gasteiger partial charge in [0.2, 0.25) is 5.91 Å². The van der Waals surface area contributed by atoms with Crippen molar-refractivity contribution in [3.63, 3.8) is 0 Å². The Morgan fingerprint density at radius 1 is 1.16 bits per heavy atom. The number of phenols is 1. The number of thioether (sulfide) groups is 1. The van der Waals surface area contributed by atoms with E-state index in [2.05, 4.69) is 10.2 Å².